The van der Waals surface area contributed by atoms with Crippen molar-refractivity contribution in [2.75, 3.05) is 17.3 Å². The quantitative estimate of drug-likeness (QED) is 0.703. The molecule has 0 spiro atoms. The molecule has 0 radical (unpaired) electrons. The van der Waals surface area contributed by atoms with Crippen molar-refractivity contribution < 1.29 is 9.59 Å². The van der Waals surface area contributed by atoms with E-state index >= 15 is 0 Å². The Hall–Kier alpha value is -3.40. The van der Waals surface area contributed by atoms with Gasteiger partial charge in [-0.15, -0.1) is 0 Å². The molecule has 0 atom stereocenters. The maximum atomic E-state index is 12.7. The second-order valence-electron chi connectivity index (χ2n) is 6.31. The maximum Gasteiger partial charge on any atom is 0.258 e. The normalized spacial score (nSPS) is 10.3. The molecule has 0 saturated heterocycles. The van der Waals surface area contributed by atoms with E-state index in [1.807, 2.05) is 60.7 Å². The molecule has 4 heteroatoms. The van der Waals surface area contributed by atoms with Crippen molar-refractivity contribution in [1.29, 1.82) is 0 Å². The van der Waals surface area contributed by atoms with Gasteiger partial charge in [-0.25, -0.2) is 0 Å². The summed E-state index contributed by atoms with van der Waals surface area (Å²) in [6, 6.07) is 26.4. The SMILES string of the molecule is CN(C(=O)c1cccc(NC(=O)CCc2ccccc2)c1)c1ccccc1. The second-order valence-corrected chi connectivity index (χ2v) is 6.31. The zero-order valence-corrected chi connectivity index (χ0v) is 15.3. The van der Waals surface area contributed by atoms with E-state index in [4.69, 9.17) is 0 Å². The predicted molar refractivity (Wildman–Crippen MR) is 109 cm³/mol. The first-order valence-electron chi connectivity index (χ1n) is 8.90. The first kappa shape index (κ1) is 18.4. The lowest BCUT2D eigenvalue weighted by molar-refractivity contribution is -0.116. The molecule has 3 aromatic rings. The number of amides is 2. The van der Waals surface area contributed by atoms with Crippen molar-refractivity contribution in [2.45, 2.75) is 12.8 Å². The molecule has 0 saturated carbocycles. The molecule has 2 amide bonds. The highest BCUT2D eigenvalue weighted by Gasteiger charge is 2.14. The number of carbonyl (C=O) groups excluding carboxylic acids is 2. The summed E-state index contributed by atoms with van der Waals surface area (Å²) in [6.07, 6.45) is 1.08. The zero-order valence-electron chi connectivity index (χ0n) is 15.3. The minimum Gasteiger partial charge on any atom is -0.326 e. The fraction of sp³-hybridized carbons (Fsp3) is 0.130. The summed E-state index contributed by atoms with van der Waals surface area (Å²) >= 11 is 0. The van der Waals surface area contributed by atoms with Crippen LogP contribution in [0.2, 0.25) is 0 Å². The van der Waals surface area contributed by atoms with Gasteiger partial charge in [0.15, 0.2) is 0 Å². The summed E-state index contributed by atoms with van der Waals surface area (Å²) in [5.41, 5.74) is 3.10. The lowest BCUT2D eigenvalue weighted by Gasteiger charge is -2.17. The third kappa shape index (κ3) is 5.05. The van der Waals surface area contributed by atoms with Crippen LogP contribution in [0, 0.1) is 0 Å². The number of rotatable bonds is 6. The summed E-state index contributed by atoms with van der Waals surface area (Å²) in [5.74, 6) is -0.193. The Labute approximate surface area is 159 Å². The Bertz CT molecular complexity index is 908. The van der Waals surface area contributed by atoms with Crippen molar-refractivity contribution in [3.63, 3.8) is 0 Å². The van der Waals surface area contributed by atoms with Crippen molar-refractivity contribution >= 4 is 23.2 Å². The largest absolute Gasteiger partial charge is 0.326 e. The van der Waals surface area contributed by atoms with Gasteiger partial charge in [-0.3, -0.25) is 9.59 Å². The van der Waals surface area contributed by atoms with E-state index in [0.717, 1.165) is 11.3 Å². The Morgan fingerprint density at radius 1 is 0.852 bits per heavy atom. The monoisotopic (exact) mass is 358 g/mol. The van der Waals surface area contributed by atoms with Gasteiger partial charge >= 0.3 is 0 Å². The number of hydrogen-bond donors (Lipinski definition) is 1. The van der Waals surface area contributed by atoms with Crippen molar-refractivity contribution in [3.8, 4) is 0 Å². The molecule has 27 heavy (non-hydrogen) atoms. The Kier molecular flexibility index (Phi) is 6.00. The van der Waals surface area contributed by atoms with E-state index in [1.165, 1.54) is 0 Å². The van der Waals surface area contributed by atoms with Gasteiger partial charge in [-0.2, -0.15) is 0 Å². The van der Waals surface area contributed by atoms with Gasteiger partial charge in [-0.05, 0) is 42.3 Å². The molecule has 0 unspecified atom stereocenters. The predicted octanol–water partition coefficient (Wildman–Crippen LogP) is 4.53. The molecule has 3 rings (SSSR count). The Morgan fingerprint density at radius 2 is 1.52 bits per heavy atom. The molecule has 3 aromatic carbocycles. The number of nitrogens with zero attached hydrogens (tertiary/aromatic N) is 1. The molecule has 1 N–H and O–H groups in total. The first-order chi connectivity index (χ1) is 13.1. The van der Waals surface area contributed by atoms with E-state index in [0.29, 0.717) is 24.1 Å². The zero-order chi connectivity index (χ0) is 19.1. The summed E-state index contributed by atoms with van der Waals surface area (Å²) < 4.78 is 0. The van der Waals surface area contributed by atoms with E-state index in [1.54, 1.807) is 36.2 Å². The van der Waals surface area contributed by atoms with Crippen LogP contribution in [0.3, 0.4) is 0 Å². The number of nitrogens with one attached hydrogen (secondary N) is 1. The van der Waals surface area contributed by atoms with Crippen LogP contribution in [0.25, 0.3) is 0 Å². The second kappa shape index (κ2) is 8.81. The first-order valence-corrected chi connectivity index (χ1v) is 8.90. The van der Waals surface area contributed by atoms with E-state index in [-0.39, 0.29) is 11.8 Å². The summed E-state index contributed by atoms with van der Waals surface area (Å²) in [6.45, 7) is 0. The highest BCUT2D eigenvalue weighted by atomic mass is 16.2. The smallest absolute Gasteiger partial charge is 0.258 e. The van der Waals surface area contributed by atoms with Gasteiger partial charge in [0, 0.05) is 30.4 Å². The van der Waals surface area contributed by atoms with Crippen LogP contribution in [0.4, 0.5) is 11.4 Å². The van der Waals surface area contributed by atoms with Gasteiger partial charge < -0.3 is 10.2 Å². The van der Waals surface area contributed by atoms with Crippen molar-refractivity contribution in [1.82, 2.24) is 0 Å². The van der Waals surface area contributed by atoms with Crippen LogP contribution in [0.15, 0.2) is 84.9 Å². The molecule has 0 aliphatic rings. The highest BCUT2D eigenvalue weighted by molar-refractivity contribution is 6.06. The van der Waals surface area contributed by atoms with E-state index in [9.17, 15) is 9.59 Å². The van der Waals surface area contributed by atoms with Gasteiger partial charge in [0.1, 0.15) is 0 Å². The molecule has 0 bridgehead atoms. The number of carbonyl (C=O) groups is 2. The standard InChI is InChI=1S/C23H22N2O2/c1-25(21-13-6-3-7-14-21)23(27)19-11-8-12-20(17-19)24-22(26)16-15-18-9-4-2-5-10-18/h2-14,17H,15-16H2,1H3,(H,24,26). The fourth-order valence-corrected chi connectivity index (χ4v) is 2.82. The molecule has 136 valence electrons. The molecule has 0 aliphatic carbocycles. The summed E-state index contributed by atoms with van der Waals surface area (Å²) in [5, 5.41) is 2.88. The van der Waals surface area contributed by atoms with Gasteiger partial charge in [0.05, 0.1) is 0 Å². The third-order valence-electron chi connectivity index (χ3n) is 4.32. The number of para-hydroxylation sites is 1. The number of aryl methyl sites for hydroxylation is 1. The number of anilines is 2. The minimum absolute atomic E-state index is 0.0696. The molecule has 0 fully saturated rings. The molecular formula is C23H22N2O2. The van der Waals surface area contributed by atoms with Crippen LogP contribution in [0.5, 0.6) is 0 Å². The van der Waals surface area contributed by atoms with Crippen LogP contribution in [0.1, 0.15) is 22.3 Å². The minimum atomic E-state index is -0.124. The molecule has 4 nitrogen and oxygen atoms in total. The average molecular weight is 358 g/mol. The Balaban J connectivity index is 1.63. The van der Waals surface area contributed by atoms with Crippen molar-refractivity contribution in [3.05, 3.63) is 96.1 Å². The van der Waals surface area contributed by atoms with Crippen molar-refractivity contribution in [2.24, 2.45) is 0 Å². The number of hydrogen-bond acceptors (Lipinski definition) is 2. The molecule has 0 heterocycles. The lowest BCUT2D eigenvalue weighted by Crippen LogP contribution is -2.26. The van der Waals surface area contributed by atoms with Crippen LogP contribution in [-0.2, 0) is 11.2 Å². The lowest BCUT2D eigenvalue weighted by atomic mass is 10.1. The van der Waals surface area contributed by atoms with Gasteiger partial charge in [0.2, 0.25) is 5.91 Å². The number of benzene rings is 3. The van der Waals surface area contributed by atoms with Gasteiger partial charge in [0.25, 0.3) is 5.91 Å². The highest BCUT2D eigenvalue weighted by Crippen LogP contribution is 2.17. The average Bonchev–Trinajstić information content (AvgIpc) is 2.73. The topological polar surface area (TPSA) is 49.4 Å². The van der Waals surface area contributed by atoms with Gasteiger partial charge in [-0.1, -0.05) is 54.6 Å². The Morgan fingerprint density at radius 3 is 2.22 bits per heavy atom. The van der Waals surface area contributed by atoms with Crippen LogP contribution < -0.4 is 10.2 Å². The fourth-order valence-electron chi connectivity index (χ4n) is 2.82. The van der Waals surface area contributed by atoms with Crippen LogP contribution in [-0.4, -0.2) is 18.9 Å². The molecule has 0 aliphatic heterocycles. The summed E-state index contributed by atoms with van der Waals surface area (Å²) in [4.78, 5) is 26.5. The maximum absolute atomic E-state index is 12.7. The third-order valence-corrected chi connectivity index (χ3v) is 4.32. The molecular weight excluding hydrogens is 336 g/mol. The molecule has 0 aromatic heterocycles. The van der Waals surface area contributed by atoms with E-state index in [2.05, 4.69) is 5.32 Å². The van der Waals surface area contributed by atoms with Crippen LogP contribution >= 0.6 is 0 Å². The van der Waals surface area contributed by atoms with E-state index < -0.39 is 0 Å². The summed E-state index contributed by atoms with van der Waals surface area (Å²) in [7, 11) is 1.74.